The molecule has 0 saturated heterocycles. The number of carbonyl (C=O) groups excluding carboxylic acids is 1. The Morgan fingerprint density at radius 1 is 1.40 bits per heavy atom. The van der Waals surface area contributed by atoms with Gasteiger partial charge in [0.25, 0.3) is 0 Å². The number of aldehydes is 1. The van der Waals surface area contributed by atoms with Crippen molar-refractivity contribution in [2.45, 2.75) is 26.2 Å². The van der Waals surface area contributed by atoms with Crippen molar-refractivity contribution in [3.63, 3.8) is 0 Å². The first kappa shape index (κ1) is 9.83. The maximum atomic E-state index is 11.1. The minimum atomic E-state index is -0.137. The van der Waals surface area contributed by atoms with Crippen LogP contribution >= 0.6 is 0 Å². The molecule has 0 aliphatic rings. The van der Waals surface area contributed by atoms with Gasteiger partial charge in [0, 0.05) is 17.8 Å². The highest BCUT2D eigenvalue weighted by atomic mass is 16.1. The van der Waals surface area contributed by atoms with Crippen LogP contribution in [0.2, 0.25) is 0 Å². The molecule has 0 aliphatic carbocycles. The van der Waals surface area contributed by atoms with Crippen molar-refractivity contribution in [3.8, 4) is 0 Å². The van der Waals surface area contributed by atoms with Crippen LogP contribution in [0.5, 0.6) is 0 Å². The van der Waals surface area contributed by atoms with Gasteiger partial charge in [0.05, 0.1) is 11.9 Å². The van der Waals surface area contributed by atoms with Crippen LogP contribution in [0.4, 0.5) is 0 Å². The van der Waals surface area contributed by atoms with Crippen LogP contribution in [-0.4, -0.2) is 20.7 Å². The fourth-order valence-corrected chi connectivity index (χ4v) is 1.59. The summed E-state index contributed by atoms with van der Waals surface area (Å²) in [5.41, 5.74) is 2.00. The second-order valence-corrected chi connectivity index (χ2v) is 4.52. The second kappa shape index (κ2) is 3.15. The Hall–Kier alpha value is -1.71. The van der Waals surface area contributed by atoms with Crippen LogP contribution in [-0.2, 0) is 5.41 Å². The summed E-state index contributed by atoms with van der Waals surface area (Å²) in [6.07, 6.45) is 5.90. The van der Waals surface area contributed by atoms with Gasteiger partial charge in [0.15, 0.2) is 11.9 Å². The third-order valence-electron chi connectivity index (χ3n) is 2.29. The van der Waals surface area contributed by atoms with Gasteiger partial charge in [0.2, 0.25) is 0 Å². The van der Waals surface area contributed by atoms with E-state index in [1.54, 1.807) is 23.0 Å². The number of hydrogen-bond donors (Lipinski definition) is 0. The molecular formula is C11H13N3O. The van der Waals surface area contributed by atoms with E-state index in [0.29, 0.717) is 11.3 Å². The zero-order chi connectivity index (χ0) is 11.1. The van der Waals surface area contributed by atoms with Crippen LogP contribution in [0.3, 0.4) is 0 Å². The quantitative estimate of drug-likeness (QED) is 0.664. The Morgan fingerprint density at radius 3 is 2.73 bits per heavy atom. The van der Waals surface area contributed by atoms with Gasteiger partial charge in [-0.05, 0) is 0 Å². The van der Waals surface area contributed by atoms with Gasteiger partial charge in [-0.25, -0.2) is 4.98 Å². The first-order chi connectivity index (χ1) is 7.04. The van der Waals surface area contributed by atoms with E-state index in [2.05, 4.69) is 9.97 Å². The molecule has 0 bridgehead atoms. The van der Waals surface area contributed by atoms with Crippen LogP contribution in [0.15, 0.2) is 18.6 Å². The molecule has 0 radical (unpaired) electrons. The van der Waals surface area contributed by atoms with Crippen molar-refractivity contribution >= 4 is 11.9 Å². The Bertz CT molecular complexity index is 508. The maximum absolute atomic E-state index is 11.1. The fraction of sp³-hybridized carbons (Fsp3) is 0.364. The summed E-state index contributed by atoms with van der Waals surface area (Å²) in [6.45, 7) is 6.11. The molecule has 0 fully saturated rings. The van der Waals surface area contributed by atoms with Crippen LogP contribution in [0.25, 0.3) is 5.65 Å². The standard InChI is InChI=1S/C11H13N3O/c1-11(2,3)10-8(7-15)14-5-4-12-6-9(14)13-10/h4-7H,1-3H3. The number of nitrogens with zero attached hydrogens (tertiary/aromatic N) is 3. The topological polar surface area (TPSA) is 47.3 Å². The Kier molecular flexibility index (Phi) is 2.07. The van der Waals surface area contributed by atoms with Gasteiger partial charge in [-0.3, -0.25) is 14.2 Å². The van der Waals surface area contributed by atoms with E-state index in [0.717, 1.165) is 12.0 Å². The highest BCUT2D eigenvalue weighted by molar-refractivity contribution is 5.77. The molecule has 2 rings (SSSR count). The van der Waals surface area contributed by atoms with Gasteiger partial charge in [-0.1, -0.05) is 20.8 Å². The van der Waals surface area contributed by atoms with E-state index >= 15 is 0 Å². The minimum Gasteiger partial charge on any atom is -0.296 e. The van der Waals surface area contributed by atoms with Gasteiger partial charge < -0.3 is 0 Å². The molecule has 0 saturated carbocycles. The lowest BCUT2D eigenvalue weighted by atomic mass is 9.91. The largest absolute Gasteiger partial charge is 0.296 e. The first-order valence-corrected chi connectivity index (χ1v) is 4.82. The predicted molar refractivity (Wildman–Crippen MR) is 57.1 cm³/mol. The highest BCUT2D eigenvalue weighted by Gasteiger charge is 2.23. The lowest BCUT2D eigenvalue weighted by molar-refractivity contribution is 0.111. The van der Waals surface area contributed by atoms with Crippen molar-refractivity contribution in [1.29, 1.82) is 0 Å². The van der Waals surface area contributed by atoms with Crippen LogP contribution in [0, 0.1) is 0 Å². The summed E-state index contributed by atoms with van der Waals surface area (Å²) in [6, 6.07) is 0. The molecule has 0 spiro atoms. The average Bonchev–Trinajstić information content (AvgIpc) is 2.55. The van der Waals surface area contributed by atoms with Gasteiger partial charge in [0.1, 0.15) is 5.69 Å². The smallest absolute Gasteiger partial charge is 0.168 e. The van der Waals surface area contributed by atoms with Crippen molar-refractivity contribution < 1.29 is 4.79 Å². The zero-order valence-corrected chi connectivity index (χ0v) is 9.06. The van der Waals surface area contributed by atoms with E-state index < -0.39 is 0 Å². The molecule has 78 valence electrons. The van der Waals surface area contributed by atoms with E-state index in [4.69, 9.17) is 0 Å². The van der Waals surface area contributed by atoms with Crippen LogP contribution in [0.1, 0.15) is 37.0 Å². The lowest BCUT2D eigenvalue weighted by Crippen LogP contribution is -2.14. The summed E-state index contributed by atoms with van der Waals surface area (Å²) < 4.78 is 1.76. The molecule has 2 aromatic heterocycles. The molecule has 0 aromatic carbocycles. The van der Waals surface area contributed by atoms with Crippen molar-refractivity contribution in [2.75, 3.05) is 0 Å². The van der Waals surface area contributed by atoms with Crippen molar-refractivity contribution in [2.24, 2.45) is 0 Å². The van der Waals surface area contributed by atoms with E-state index in [9.17, 15) is 4.79 Å². The minimum absolute atomic E-state index is 0.137. The van der Waals surface area contributed by atoms with E-state index in [1.807, 2.05) is 20.8 Å². The average molecular weight is 203 g/mol. The Morgan fingerprint density at radius 2 is 2.13 bits per heavy atom. The number of hydrogen-bond acceptors (Lipinski definition) is 3. The zero-order valence-electron chi connectivity index (χ0n) is 9.06. The van der Waals surface area contributed by atoms with Gasteiger partial charge in [-0.15, -0.1) is 0 Å². The van der Waals surface area contributed by atoms with Gasteiger partial charge >= 0.3 is 0 Å². The first-order valence-electron chi connectivity index (χ1n) is 4.82. The summed E-state index contributed by atoms with van der Waals surface area (Å²) in [5.74, 6) is 0. The Balaban J connectivity index is 2.81. The summed E-state index contributed by atoms with van der Waals surface area (Å²) in [5, 5.41) is 0. The van der Waals surface area contributed by atoms with E-state index in [1.165, 1.54) is 0 Å². The third kappa shape index (κ3) is 1.52. The molecule has 2 aromatic rings. The molecule has 0 amide bonds. The van der Waals surface area contributed by atoms with Gasteiger partial charge in [-0.2, -0.15) is 0 Å². The maximum Gasteiger partial charge on any atom is 0.168 e. The molecule has 4 nitrogen and oxygen atoms in total. The monoisotopic (exact) mass is 203 g/mol. The summed E-state index contributed by atoms with van der Waals surface area (Å²) in [7, 11) is 0. The normalized spacial score (nSPS) is 11.9. The fourth-order valence-electron chi connectivity index (χ4n) is 1.59. The molecular weight excluding hydrogens is 190 g/mol. The predicted octanol–water partition coefficient (Wildman–Crippen LogP) is 1.84. The number of imidazole rings is 1. The number of carbonyl (C=O) groups is 1. The molecule has 4 heteroatoms. The highest BCUT2D eigenvalue weighted by Crippen LogP contribution is 2.24. The number of fused-ring (bicyclic) bond motifs is 1. The molecule has 0 N–H and O–H groups in total. The Labute approximate surface area is 88.0 Å². The molecule has 15 heavy (non-hydrogen) atoms. The molecule has 0 unspecified atom stereocenters. The van der Waals surface area contributed by atoms with Crippen molar-refractivity contribution in [3.05, 3.63) is 30.0 Å². The second-order valence-electron chi connectivity index (χ2n) is 4.52. The third-order valence-corrected chi connectivity index (χ3v) is 2.29. The van der Waals surface area contributed by atoms with Crippen LogP contribution < -0.4 is 0 Å². The summed E-state index contributed by atoms with van der Waals surface area (Å²) in [4.78, 5) is 19.5. The molecule has 0 aliphatic heterocycles. The number of aromatic nitrogens is 3. The molecule has 0 atom stereocenters. The lowest BCUT2D eigenvalue weighted by Gasteiger charge is -2.15. The molecule has 2 heterocycles. The van der Waals surface area contributed by atoms with Crippen molar-refractivity contribution in [1.82, 2.24) is 14.4 Å². The SMILES string of the molecule is CC(C)(C)c1nc2cnccn2c1C=O. The summed E-state index contributed by atoms with van der Waals surface area (Å²) >= 11 is 0. The number of rotatable bonds is 1. The van der Waals surface area contributed by atoms with E-state index in [-0.39, 0.29) is 5.41 Å².